The summed E-state index contributed by atoms with van der Waals surface area (Å²) in [5.74, 6) is 0.437. The highest BCUT2D eigenvalue weighted by Gasteiger charge is 2.29. The molecule has 0 amide bonds. The molecular formula is C20H28ClN5O2S. The molecule has 0 unspecified atom stereocenters. The minimum absolute atomic E-state index is 0. The molecule has 1 saturated heterocycles. The largest absolute Gasteiger partial charge is 0.369 e. The molecule has 0 spiro atoms. The Morgan fingerprint density at radius 2 is 2.07 bits per heavy atom. The van der Waals surface area contributed by atoms with E-state index in [9.17, 15) is 13.7 Å². The van der Waals surface area contributed by atoms with Crippen LogP contribution in [0.2, 0.25) is 0 Å². The number of fused-ring (bicyclic) bond motifs is 1. The van der Waals surface area contributed by atoms with Crippen LogP contribution >= 0.6 is 12.4 Å². The van der Waals surface area contributed by atoms with Gasteiger partial charge in [-0.05, 0) is 50.7 Å². The number of nitriles is 1. The molecule has 1 aromatic carbocycles. The van der Waals surface area contributed by atoms with Gasteiger partial charge in [0.15, 0.2) is 0 Å². The van der Waals surface area contributed by atoms with Gasteiger partial charge in [0, 0.05) is 42.9 Å². The van der Waals surface area contributed by atoms with Crippen molar-refractivity contribution in [3.05, 3.63) is 36.0 Å². The summed E-state index contributed by atoms with van der Waals surface area (Å²) in [5, 5.41) is 10.3. The van der Waals surface area contributed by atoms with E-state index in [2.05, 4.69) is 27.6 Å². The smallest absolute Gasteiger partial charge is 0.213 e. The van der Waals surface area contributed by atoms with Crippen LogP contribution in [-0.2, 0) is 10.0 Å². The molecule has 0 bridgehead atoms. The number of hydrogen-bond acceptors (Lipinski definition) is 6. The highest BCUT2D eigenvalue weighted by Crippen LogP contribution is 2.31. The lowest BCUT2D eigenvalue weighted by molar-refractivity contribution is 0.379. The molecule has 29 heavy (non-hydrogen) atoms. The van der Waals surface area contributed by atoms with E-state index in [-0.39, 0.29) is 24.2 Å². The molecule has 0 saturated carbocycles. The van der Waals surface area contributed by atoms with Gasteiger partial charge in [0.05, 0.1) is 16.8 Å². The van der Waals surface area contributed by atoms with Crippen molar-refractivity contribution in [3.63, 3.8) is 0 Å². The maximum atomic E-state index is 12.4. The Balaban J connectivity index is 0.00000300. The Morgan fingerprint density at radius 1 is 1.31 bits per heavy atom. The minimum Gasteiger partial charge on any atom is -0.369 e. The van der Waals surface area contributed by atoms with Crippen molar-refractivity contribution in [3.8, 4) is 6.07 Å². The van der Waals surface area contributed by atoms with Gasteiger partial charge in [0.25, 0.3) is 0 Å². The molecule has 158 valence electrons. The first-order valence-corrected chi connectivity index (χ1v) is 11.1. The van der Waals surface area contributed by atoms with E-state index in [1.54, 1.807) is 12.3 Å². The minimum atomic E-state index is -3.33. The summed E-state index contributed by atoms with van der Waals surface area (Å²) < 4.78 is 27.8. The molecule has 2 aromatic rings. The van der Waals surface area contributed by atoms with Crippen molar-refractivity contribution in [1.29, 1.82) is 5.26 Å². The van der Waals surface area contributed by atoms with Crippen molar-refractivity contribution in [2.75, 3.05) is 44.4 Å². The number of benzene rings is 1. The lowest BCUT2D eigenvalue weighted by Gasteiger charge is -2.38. The van der Waals surface area contributed by atoms with Crippen LogP contribution < -0.4 is 9.62 Å². The Morgan fingerprint density at radius 3 is 2.76 bits per heavy atom. The average molecular weight is 438 g/mol. The molecule has 1 aromatic heterocycles. The summed E-state index contributed by atoms with van der Waals surface area (Å²) in [6, 6.07) is 9.62. The van der Waals surface area contributed by atoms with E-state index in [0.29, 0.717) is 30.1 Å². The monoisotopic (exact) mass is 437 g/mol. The molecule has 2 heterocycles. The highest BCUT2D eigenvalue weighted by molar-refractivity contribution is 7.89. The lowest BCUT2D eigenvalue weighted by atomic mass is 9.95. The van der Waals surface area contributed by atoms with Gasteiger partial charge in [-0.3, -0.25) is 4.98 Å². The zero-order valence-electron chi connectivity index (χ0n) is 17.0. The number of nitrogens with one attached hydrogen (secondary N) is 1. The zero-order valence-corrected chi connectivity index (χ0v) is 18.6. The Bertz CT molecular complexity index is 990. The van der Waals surface area contributed by atoms with Gasteiger partial charge in [0.1, 0.15) is 6.07 Å². The molecule has 0 aliphatic carbocycles. The predicted octanol–water partition coefficient (Wildman–Crippen LogP) is 2.22. The molecule has 1 N–H and O–H groups in total. The van der Waals surface area contributed by atoms with Gasteiger partial charge in [-0.2, -0.15) is 5.26 Å². The predicted molar refractivity (Wildman–Crippen MR) is 119 cm³/mol. The number of anilines is 1. The van der Waals surface area contributed by atoms with Crippen molar-refractivity contribution < 1.29 is 8.42 Å². The van der Waals surface area contributed by atoms with Gasteiger partial charge >= 0.3 is 0 Å². The molecule has 2 atom stereocenters. The van der Waals surface area contributed by atoms with Crippen LogP contribution in [0.5, 0.6) is 0 Å². The number of rotatable bonds is 6. The van der Waals surface area contributed by atoms with Gasteiger partial charge in [0.2, 0.25) is 10.0 Å². The maximum Gasteiger partial charge on any atom is 0.213 e. The topological polar surface area (TPSA) is 89.3 Å². The summed E-state index contributed by atoms with van der Waals surface area (Å²) in [6.45, 7) is 4.07. The lowest BCUT2D eigenvalue weighted by Crippen LogP contribution is -2.51. The summed E-state index contributed by atoms with van der Waals surface area (Å²) in [7, 11) is 0.398. The first kappa shape index (κ1) is 23.4. The fourth-order valence-corrected chi connectivity index (χ4v) is 5.17. The van der Waals surface area contributed by atoms with E-state index in [1.807, 2.05) is 37.2 Å². The van der Waals surface area contributed by atoms with E-state index in [0.717, 1.165) is 24.0 Å². The number of pyridine rings is 1. The quantitative estimate of drug-likeness (QED) is 0.745. The van der Waals surface area contributed by atoms with Gasteiger partial charge in [-0.1, -0.05) is 6.92 Å². The molecule has 1 aliphatic rings. The number of piperidine rings is 1. The van der Waals surface area contributed by atoms with E-state index >= 15 is 0 Å². The number of sulfonamides is 1. The summed E-state index contributed by atoms with van der Waals surface area (Å²) in [6.07, 6.45) is 2.50. The van der Waals surface area contributed by atoms with Crippen molar-refractivity contribution in [2.24, 2.45) is 5.92 Å². The summed E-state index contributed by atoms with van der Waals surface area (Å²) in [5.41, 5.74) is 2.22. The van der Waals surface area contributed by atoms with Gasteiger partial charge < -0.3 is 9.80 Å². The summed E-state index contributed by atoms with van der Waals surface area (Å²) >= 11 is 0. The zero-order chi connectivity index (χ0) is 20.3. The second kappa shape index (κ2) is 9.72. The molecule has 0 radical (unpaired) electrons. The fraction of sp³-hybridized carbons (Fsp3) is 0.500. The van der Waals surface area contributed by atoms with E-state index < -0.39 is 10.0 Å². The van der Waals surface area contributed by atoms with E-state index in [4.69, 9.17) is 0 Å². The molecule has 7 nitrogen and oxygen atoms in total. The number of aromatic nitrogens is 1. The van der Waals surface area contributed by atoms with Crippen LogP contribution in [0.15, 0.2) is 30.5 Å². The Kier molecular flexibility index (Phi) is 7.83. The van der Waals surface area contributed by atoms with E-state index in [1.165, 1.54) is 0 Å². The normalized spacial score (nSPS) is 19.8. The molecule has 1 aliphatic heterocycles. The van der Waals surface area contributed by atoms with Gasteiger partial charge in [-0.15, -0.1) is 12.4 Å². The summed E-state index contributed by atoms with van der Waals surface area (Å²) in [4.78, 5) is 8.45. The first-order chi connectivity index (χ1) is 13.3. The Hall–Kier alpha value is -1.92. The van der Waals surface area contributed by atoms with Crippen LogP contribution in [0.3, 0.4) is 0 Å². The third kappa shape index (κ3) is 5.80. The van der Waals surface area contributed by atoms with Crippen molar-refractivity contribution in [1.82, 2.24) is 14.6 Å². The van der Waals surface area contributed by atoms with Crippen molar-refractivity contribution >= 4 is 39.0 Å². The third-order valence-electron chi connectivity index (χ3n) is 5.02. The Labute approximate surface area is 179 Å². The maximum absolute atomic E-state index is 12.4. The standard InChI is InChI=1S/C20H27N5O2S.ClH/c1-15-11-17(23-28(26,27)10-9-24(2)3)14-25(13-15)19-7-6-16(12-21)20-18(19)5-4-8-22-20;/h4-8,15,17,23H,9-11,13-14H2,1-3H3;1H/t15-,17+;/m0./s1. The molecule has 3 rings (SSSR count). The molecular weight excluding hydrogens is 410 g/mol. The van der Waals surface area contributed by atoms with Crippen molar-refractivity contribution in [2.45, 2.75) is 19.4 Å². The number of nitrogens with zero attached hydrogens (tertiary/aromatic N) is 4. The third-order valence-corrected chi connectivity index (χ3v) is 6.43. The molecule has 1 fully saturated rings. The SMILES string of the molecule is C[C@H]1C[C@@H](NS(=O)(=O)CCN(C)C)CN(c2ccc(C#N)c3ncccc23)C1.Cl. The van der Waals surface area contributed by atoms with Crippen LogP contribution in [0, 0.1) is 17.2 Å². The van der Waals surface area contributed by atoms with Crippen LogP contribution in [0.25, 0.3) is 10.9 Å². The first-order valence-electron chi connectivity index (χ1n) is 9.46. The number of hydrogen-bond donors (Lipinski definition) is 1. The second-order valence-corrected chi connectivity index (χ2v) is 9.70. The van der Waals surface area contributed by atoms with Gasteiger partial charge in [-0.25, -0.2) is 13.1 Å². The number of halogens is 1. The average Bonchev–Trinajstić information content (AvgIpc) is 2.64. The highest BCUT2D eigenvalue weighted by atomic mass is 35.5. The van der Waals surface area contributed by atoms with Crippen LogP contribution in [0.4, 0.5) is 5.69 Å². The van der Waals surface area contributed by atoms with Crippen LogP contribution in [0.1, 0.15) is 18.9 Å². The second-order valence-electron chi connectivity index (χ2n) is 7.83. The molecule has 9 heteroatoms. The fourth-order valence-electron chi connectivity index (χ4n) is 3.77. The van der Waals surface area contributed by atoms with Crippen LogP contribution in [-0.4, -0.2) is 63.8 Å².